The summed E-state index contributed by atoms with van der Waals surface area (Å²) in [6, 6.07) is 1.47. The van der Waals surface area contributed by atoms with Crippen LogP contribution >= 0.6 is 23.2 Å². The van der Waals surface area contributed by atoms with Gasteiger partial charge < -0.3 is 0 Å². The third-order valence-electron chi connectivity index (χ3n) is 3.61. The van der Waals surface area contributed by atoms with Crippen molar-refractivity contribution < 1.29 is 26.3 Å². The van der Waals surface area contributed by atoms with Gasteiger partial charge in [-0.05, 0) is 30.2 Å². The van der Waals surface area contributed by atoms with Crippen molar-refractivity contribution in [2.45, 2.75) is 35.9 Å². The minimum atomic E-state index is -4.87. The van der Waals surface area contributed by atoms with Crippen LogP contribution in [0.25, 0.3) is 0 Å². The predicted octanol–water partition coefficient (Wildman–Crippen LogP) is 6.02. The molecule has 0 N–H and O–H groups in total. The van der Waals surface area contributed by atoms with Gasteiger partial charge >= 0.3 is 12.4 Å². The third-order valence-corrected chi connectivity index (χ3v) is 4.64. The van der Waals surface area contributed by atoms with Crippen LogP contribution in [0.1, 0.15) is 36.0 Å². The van der Waals surface area contributed by atoms with E-state index in [1.807, 2.05) is 0 Å². The zero-order chi connectivity index (χ0) is 16.2. The molecule has 2 atom stereocenters. The molecule has 0 radical (unpaired) electrons. The molecule has 1 aromatic carbocycles. The van der Waals surface area contributed by atoms with Crippen molar-refractivity contribution in [2.75, 3.05) is 0 Å². The van der Waals surface area contributed by atoms with Crippen LogP contribution in [0.5, 0.6) is 0 Å². The number of hydrogen-bond acceptors (Lipinski definition) is 0. The van der Waals surface area contributed by atoms with Crippen LogP contribution in [0.3, 0.4) is 0 Å². The van der Waals surface area contributed by atoms with Crippen LogP contribution in [0.4, 0.5) is 26.3 Å². The van der Waals surface area contributed by atoms with Crippen LogP contribution in [-0.4, -0.2) is 4.33 Å². The minimum Gasteiger partial charge on any atom is -0.166 e. The summed E-state index contributed by atoms with van der Waals surface area (Å²) in [5.41, 5.74) is -2.83. The Kier molecular flexibility index (Phi) is 3.94. The summed E-state index contributed by atoms with van der Waals surface area (Å²) in [5, 5.41) is 0. The number of alkyl halides is 8. The van der Waals surface area contributed by atoms with Gasteiger partial charge in [-0.3, -0.25) is 0 Å². The van der Waals surface area contributed by atoms with E-state index in [0.717, 1.165) is 0 Å². The van der Waals surface area contributed by atoms with Gasteiger partial charge in [-0.15, -0.1) is 23.2 Å². The molecule has 0 aliphatic heterocycles. The lowest BCUT2D eigenvalue weighted by Crippen LogP contribution is -2.12. The van der Waals surface area contributed by atoms with Crippen LogP contribution in [0.2, 0.25) is 0 Å². The highest BCUT2D eigenvalue weighted by Crippen LogP contribution is 2.66. The Morgan fingerprint density at radius 3 is 1.67 bits per heavy atom. The highest BCUT2D eigenvalue weighted by Gasteiger charge is 2.62. The summed E-state index contributed by atoms with van der Waals surface area (Å²) >= 11 is 11.9. The van der Waals surface area contributed by atoms with E-state index in [0.29, 0.717) is 18.6 Å². The zero-order valence-electron chi connectivity index (χ0n) is 10.6. The molecule has 0 aromatic heterocycles. The maximum absolute atomic E-state index is 12.8. The molecule has 0 heterocycles. The van der Waals surface area contributed by atoms with Crippen molar-refractivity contribution in [3.05, 3.63) is 34.9 Å². The Labute approximate surface area is 127 Å². The Morgan fingerprint density at radius 1 is 0.952 bits per heavy atom. The molecule has 1 aliphatic carbocycles. The number of benzene rings is 1. The molecule has 0 spiro atoms. The van der Waals surface area contributed by atoms with E-state index in [2.05, 4.69) is 0 Å². The van der Waals surface area contributed by atoms with Gasteiger partial charge in [-0.1, -0.05) is 6.92 Å². The van der Waals surface area contributed by atoms with Gasteiger partial charge in [0.2, 0.25) is 0 Å². The van der Waals surface area contributed by atoms with Gasteiger partial charge in [0.25, 0.3) is 0 Å². The summed E-state index contributed by atoms with van der Waals surface area (Å²) in [6.07, 6.45) is -9.27. The fourth-order valence-corrected chi connectivity index (χ4v) is 3.50. The zero-order valence-corrected chi connectivity index (χ0v) is 12.1. The molecular formula is C13H10Cl2F6. The summed E-state index contributed by atoms with van der Waals surface area (Å²) in [5.74, 6) is -1.08. The lowest BCUT2D eigenvalue weighted by atomic mass is 10.0. The van der Waals surface area contributed by atoms with Crippen molar-refractivity contribution in [3.63, 3.8) is 0 Å². The van der Waals surface area contributed by atoms with Crippen LogP contribution in [0.15, 0.2) is 18.2 Å². The van der Waals surface area contributed by atoms with Crippen molar-refractivity contribution >= 4 is 23.2 Å². The lowest BCUT2D eigenvalue weighted by molar-refractivity contribution is -0.143. The Hall–Kier alpha value is -0.620. The predicted molar refractivity (Wildman–Crippen MR) is 67.4 cm³/mol. The van der Waals surface area contributed by atoms with Crippen LogP contribution < -0.4 is 0 Å². The molecule has 8 heteroatoms. The molecule has 1 aliphatic rings. The second-order valence-electron chi connectivity index (χ2n) is 5.01. The first kappa shape index (κ1) is 16.7. The molecule has 1 fully saturated rings. The summed E-state index contributed by atoms with van der Waals surface area (Å²) in [6.45, 7) is 1.72. The number of rotatable bonds is 2. The quantitative estimate of drug-likeness (QED) is 0.451. The molecule has 118 valence electrons. The number of hydrogen-bond donors (Lipinski definition) is 0. The first-order valence-corrected chi connectivity index (χ1v) is 6.81. The Balaban J connectivity index is 2.53. The Bertz CT molecular complexity index is 514. The largest absolute Gasteiger partial charge is 0.416 e. The molecule has 0 nitrogen and oxygen atoms in total. The Morgan fingerprint density at radius 2 is 1.38 bits per heavy atom. The van der Waals surface area contributed by atoms with Crippen molar-refractivity contribution in [3.8, 4) is 0 Å². The summed E-state index contributed by atoms with van der Waals surface area (Å²) < 4.78 is 75.2. The monoisotopic (exact) mass is 350 g/mol. The topological polar surface area (TPSA) is 0 Å². The van der Waals surface area contributed by atoms with Gasteiger partial charge in [0.05, 0.1) is 11.1 Å². The van der Waals surface area contributed by atoms with Gasteiger partial charge in [-0.2, -0.15) is 26.3 Å². The van der Waals surface area contributed by atoms with Gasteiger partial charge in [-0.25, -0.2) is 0 Å². The molecule has 1 saturated carbocycles. The molecule has 1 aromatic rings. The summed E-state index contributed by atoms with van der Waals surface area (Å²) in [4.78, 5) is 0. The standard InChI is InChI=1S/C13H10Cl2F6/c1-2-9-10(11(9,14)15)6-3-7(12(16,17)18)5-8(4-6)13(19,20)21/h3-5,9-10H,2H2,1H3. The average Bonchev–Trinajstić information content (AvgIpc) is 2.88. The molecule has 21 heavy (non-hydrogen) atoms. The average molecular weight is 351 g/mol. The fourth-order valence-electron chi connectivity index (χ4n) is 2.51. The van der Waals surface area contributed by atoms with E-state index in [-0.39, 0.29) is 17.5 Å². The smallest absolute Gasteiger partial charge is 0.166 e. The maximum atomic E-state index is 12.8. The van der Waals surface area contributed by atoms with Gasteiger partial charge in [0.1, 0.15) is 4.33 Å². The van der Waals surface area contributed by atoms with Gasteiger partial charge in [0, 0.05) is 11.8 Å². The second-order valence-corrected chi connectivity index (χ2v) is 6.45. The first-order chi connectivity index (χ1) is 9.39. The van der Waals surface area contributed by atoms with E-state index in [1.54, 1.807) is 6.92 Å². The highest BCUT2D eigenvalue weighted by molar-refractivity contribution is 6.51. The van der Waals surface area contributed by atoms with Crippen LogP contribution in [-0.2, 0) is 12.4 Å². The van der Waals surface area contributed by atoms with Crippen LogP contribution in [0, 0.1) is 5.92 Å². The van der Waals surface area contributed by atoms with E-state index in [1.165, 1.54) is 0 Å². The lowest BCUT2D eigenvalue weighted by Gasteiger charge is -2.14. The normalized spacial score (nSPS) is 25.0. The van der Waals surface area contributed by atoms with Crippen molar-refractivity contribution in [2.24, 2.45) is 5.92 Å². The van der Waals surface area contributed by atoms with E-state index < -0.39 is 33.7 Å². The van der Waals surface area contributed by atoms with E-state index in [4.69, 9.17) is 23.2 Å². The fraction of sp³-hybridized carbons (Fsp3) is 0.538. The van der Waals surface area contributed by atoms with Crippen molar-refractivity contribution in [1.29, 1.82) is 0 Å². The molecule has 2 unspecified atom stereocenters. The molecule has 0 saturated heterocycles. The molecule has 2 rings (SSSR count). The molecule has 0 amide bonds. The number of halogens is 8. The third kappa shape index (κ3) is 3.11. The van der Waals surface area contributed by atoms with Crippen molar-refractivity contribution in [1.82, 2.24) is 0 Å². The molecule has 0 bridgehead atoms. The van der Waals surface area contributed by atoms with E-state index >= 15 is 0 Å². The SMILES string of the molecule is CCC1C(c2cc(C(F)(F)F)cc(C(F)(F)F)c2)C1(Cl)Cl. The summed E-state index contributed by atoms with van der Waals surface area (Å²) in [7, 11) is 0. The minimum absolute atomic E-state index is 0.0942. The second kappa shape index (κ2) is 4.95. The first-order valence-electron chi connectivity index (χ1n) is 6.06. The van der Waals surface area contributed by atoms with Gasteiger partial charge in [0.15, 0.2) is 0 Å². The highest BCUT2D eigenvalue weighted by atomic mass is 35.5. The van der Waals surface area contributed by atoms with E-state index in [9.17, 15) is 26.3 Å². The molecular weight excluding hydrogens is 341 g/mol. The maximum Gasteiger partial charge on any atom is 0.416 e.